The first-order valence-electron chi connectivity index (χ1n) is 8.81. The number of rotatable bonds is 9. The summed E-state index contributed by atoms with van der Waals surface area (Å²) in [5.74, 6) is -1.16. The fourth-order valence-electron chi connectivity index (χ4n) is 2.43. The molecule has 0 saturated carbocycles. The predicted octanol–water partition coefficient (Wildman–Crippen LogP) is 3.41. The van der Waals surface area contributed by atoms with Gasteiger partial charge in [-0.3, -0.25) is 19.7 Å². The van der Waals surface area contributed by atoms with E-state index in [0.717, 1.165) is 11.8 Å². The van der Waals surface area contributed by atoms with Crippen LogP contribution < -0.4 is 10.1 Å². The smallest absolute Gasteiger partial charge is 0.316 e. The van der Waals surface area contributed by atoms with Gasteiger partial charge < -0.3 is 19.2 Å². The van der Waals surface area contributed by atoms with E-state index in [2.05, 4.69) is 10.3 Å². The normalized spacial score (nSPS) is 10.6. The third kappa shape index (κ3) is 5.47. The molecule has 156 valence electrons. The number of oxazole rings is 1. The van der Waals surface area contributed by atoms with E-state index in [-0.39, 0.29) is 17.1 Å². The summed E-state index contributed by atoms with van der Waals surface area (Å²) in [6, 6.07) is 11.2. The Morgan fingerprint density at radius 2 is 2.07 bits per heavy atom. The van der Waals surface area contributed by atoms with Crippen LogP contribution in [0.1, 0.15) is 6.92 Å². The highest BCUT2D eigenvalue weighted by atomic mass is 32.2. The molecule has 0 aliphatic heterocycles. The average molecular weight is 431 g/mol. The van der Waals surface area contributed by atoms with Gasteiger partial charge in [-0.1, -0.05) is 23.9 Å². The van der Waals surface area contributed by atoms with Crippen LogP contribution in [0.3, 0.4) is 0 Å². The van der Waals surface area contributed by atoms with Crippen LogP contribution in [0.15, 0.2) is 52.1 Å². The van der Waals surface area contributed by atoms with E-state index in [1.807, 2.05) is 12.1 Å². The lowest BCUT2D eigenvalue weighted by atomic mass is 10.2. The third-order valence-corrected chi connectivity index (χ3v) is 4.50. The van der Waals surface area contributed by atoms with E-state index >= 15 is 0 Å². The molecule has 1 heterocycles. The molecule has 2 aromatic carbocycles. The number of nitro benzene ring substituents is 1. The van der Waals surface area contributed by atoms with Crippen molar-refractivity contribution in [3.05, 3.63) is 52.6 Å². The lowest BCUT2D eigenvalue weighted by Crippen LogP contribution is -2.22. The quantitative estimate of drug-likeness (QED) is 0.234. The summed E-state index contributed by atoms with van der Waals surface area (Å²) in [6.45, 7) is 1.51. The highest BCUT2D eigenvalue weighted by Gasteiger charge is 2.18. The lowest BCUT2D eigenvalue weighted by Gasteiger charge is -2.08. The topological polar surface area (TPSA) is 134 Å². The predicted molar refractivity (Wildman–Crippen MR) is 109 cm³/mol. The van der Waals surface area contributed by atoms with Gasteiger partial charge in [-0.15, -0.1) is 0 Å². The molecule has 0 saturated heterocycles. The summed E-state index contributed by atoms with van der Waals surface area (Å²) < 4.78 is 15.6. The highest BCUT2D eigenvalue weighted by molar-refractivity contribution is 7.99. The molecule has 30 heavy (non-hydrogen) atoms. The number of esters is 1. The zero-order valence-corrected chi connectivity index (χ0v) is 16.6. The molecule has 0 aliphatic rings. The molecule has 0 unspecified atom stereocenters. The Hall–Kier alpha value is -3.60. The molecule has 0 bridgehead atoms. The van der Waals surface area contributed by atoms with Gasteiger partial charge in [0.15, 0.2) is 12.2 Å². The van der Waals surface area contributed by atoms with Crippen LogP contribution in [0.5, 0.6) is 5.75 Å². The zero-order valence-electron chi connectivity index (χ0n) is 15.8. The molecule has 3 rings (SSSR count). The summed E-state index contributed by atoms with van der Waals surface area (Å²) >= 11 is 1.04. The molecule has 0 atom stereocenters. The second-order valence-electron chi connectivity index (χ2n) is 5.81. The maximum atomic E-state index is 12.0. The number of ether oxygens (including phenoxy) is 2. The number of para-hydroxylation sites is 2. The van der Waals surface area contributed by atoms with Crippen LogP contribution in [0.25, 0.3) is 11.1 Å². The fourth-order valence-corrected chi connectivity index (χ4v) is 3.07. The molecule has 0 radical (unpaired) electrons. The van der Waals surface area contributed by atoms with Gasteiger partial charge in [-0.2, -0.15) is 0 Å². The number of nitrogens with zero attached hydrogens (tertiary/aromatic N) is 2. The standard InChI is InChI=1S/C19H17N3O7S/c1-2-27-12-7-8-13(15(9-12)22(25)26)20-17(23)10-28-18(24)11-30-19-21-14-5-3-4-6-16(14)29-19/h3-9H,2,10-11H2,1H3,(H,20,23). The Morgan fingerprint density at radius 3 is 2.80 bits per heavy atom. The Balaban J connectivity index is 1.50. The monoisotopic (exact) mass is 431 g/mol. The number of amides is 1. The van der Waals surface area contributed by atoms with Gasteiger partial charge in [0.1, 0.15) is 22.7 Å². The molecule has 1 aromatic heterocycles. The molecular formula is C19H17N3O7S. The van der Waals surface area contributed by atoms with Crippen LogP contribution in [0.2, 0.25) is 0 Å². The largest absolute Gasteiger partial charge is 0.494 e. The van der Waals surface area contributed by atoms with Crippen molar-refractivity contribution in [2.24, 2.45) is 0 Å². The van der Waals surface area contributed by atoms with E-state index in [0.29, 0.717) is 28.7 Å². The number of nitrogens with one attached hydrogen (secondary N) is 1. The van der Waals surface area contributed by atoms with E-state index in [9.17, 15) is 19.7 Å². The van der Waals surface area contributed by atoms with Gasteiger partial charge in [0.25, 0.3) is 16.8 Å². The Morgan fingerprint density at radius 1 is 1.27 bits per heavy atom. The number of benzene rings is 2. The number of aromatic nitrogens is 1. The van der Waals surface area contributed by atoms with E-state index in [1.165, 1.54) is 18.2 Å². The maximum Gasteiger partial charge on any atom is 0.316 e. The number of carbonyl (C=O) groups excluding carboxylic acids is 2. The van der Waals surface area contributed by atoms with Crippen LogP contribution in [-0.2, 0) is 14.3 Å². The molecular weight excluding hydrogens is 414 g/mol. The van der Waals surface area contributed by atoms with Crippen molar-refractivity contribution < 1.29 is 28.4 Å². The van der Waals surface area contributed by atoms with Crippen LogP contribution in [0, 0.1) is 10.1 Å². The molecule has 0 spiro atoms. The SMILES string of the molecule is CCOc1ccc(NC(=O)COC(=O)CSc2nc3ccccc3o2)c([N+](=O)[O-])c1. The van der Waals surface area contributed by atoms with Gasteiger partial charge in [-0.05, 0) is 31.2 Å². The van der Waals surface area contributed by atoms with E-state index in [4.69, 9.17) is 13.9 Å². The fraction of sp³-hybridized carbons (Fsp3) is 0.211. The first-order valence-corrected chi connectivity index (χ1v) is 9.80. The molecule has 0 aliphatic carbocycles. The average Bonchev–Trinajstić information content (AvgIpc) is 3.15. The van der Waals surface area contributed by atoms with Crippen LogP contribution in [-0.4, -0.2) is 40.8 Å². The van der Waals surface area contributed by atoms with Crippen molar-refractivity contribution in [3.8, 4) is 5.75 Å². The van der Waals surface area contributed by atoms with E-state index in [1.54, 1.807) is 19.1 Å². The lowest BCUT2D eigenvalue weighted by molar-refractivity contribution is -0.384. The van der Waals surface area contributed by atoms with E-state index < -0.39 is 23.4 Å². The summed E-state index contributed by atoms with van der Waals surface area (Å²) in [5, 5.41) is 13.9. The number of anilines is 1. The van der Waals surface area contributed by atoms with Crippen molar-refractivity contribution in [1.29, 1.82) is 0 Å². The second-order valence-corrected chi connectivity index (χ2v) is 6.74. The first kappa shape index (κ1) is 21.1. The molecule has 11 heteroatoms. The Bertz CT molecular complexity index is 1050. The Kier molecular flexibility index (Phi) is 6.86. The summed E-state index contributed by atoms with van der Waals surface area (Å²) in [6.07, 6.45) is 0. The molecule has 1 N–H and O–H groups in total. The molecule has 10 nitrogen and oxygen atoms in total. The number of carbonyl (C=O) groups is 2. The van der Waals surface area contributed by atoms with Crippen molar-refractivity contribution >= 4 is 46.1 Å². The number of nitro groups is 1. The minimum atomic E-state index is -0.706. The highest BCUT2D eigenvalue weighted by Crippen LogP contribution is 2.29. The summed E-state index contributed by atoms with van der Waals surface area (Å²) in [4.78, 5) is 38.7. The molecule has 0 fully saturated rings. The van der Waals surface area contributed by atoms with Gasteiger partial charge in [0.2, 0.25) is 0 Å². The minimum absolute atomic E-state index is 0.0228. The van der Waals surface area contributed by atoms with Gasteiger partial charge >= 0.3 is 5.97 Å². The molecule has 1 amide bonds. The Labute approximate surface area is 174 Å². The van der Waals surface area contributed by atoms with Gasteiger partial charge in [0, 0.05) is 0 Å². The van der Waals surface area contributed by atoms with Crippen molar-refractivity contribution in [2.75, 3.05) is 24.3 Å². The van der Waals surface area contributed by atoms with Crippen LogP contribution >= 0.6 is 11.8 Å². The third-order valence-electron chi connectivity index (χ3n) is 3.70. The molecule has 3 aromatic rings. The second kappa shape index (κ2) is 9.74. The number of hydrogen-bond donors (Lipinski definition) is 1. The van der Waals surface area contributed by atoms with Crippen molar-refractivity contribution in [3.63, 3.8) is 0 Å². The van der Waals surface area contributed by atoms with Gasteiger partial charge in [0.05, 0.1) is 17.6 Å². The summed E-state index contributed by atoms with van der Waals surface area (Å²) in [7, 11) is 0. The van der Waals surface area contributed by atoms with Crippen molar-refractivity contribution in [2.45, 2.75) is 12.1 Å². The number of fused-ring (bicyclic) bond motifs is 1. The summed E-state index contributed by atoms with van der Waals surface area (Å²) in [5.41, 5.74) is 0.923. The van der Waals surface area contributed by atoms with Crippen molar-refractivity contribution in [1.82, 2.24) is 4.98 Å². The van der Waals surface area contributed by atoms with Crippen LogP contribution in [0.4, 0.5) is 11.4 Å². The number of thioether (sulfide) groups is 1. The number of hydrogen-bond acceptors (Lipinski definition) is 9. The maximum absolute atomic E-state index is 12.0. The minimum Gasteiger partial charge on any atom is -0.494 e. The van der Waals surface area contributed by atoms with Gasteiger partial charge in [-0.25, -0.2) is 4.98 Å². The zero-order chi connectivity index (χ0) is 21.5. The first-order chi connectivity index (χ1) is 14.5.